The Bertz CT molecular complexity index is 525. The maximum atomic E-state index is 5.79. The zero-order valence-corrected chi connectivity index (χ0v) is 13.3. The van der Waals surface area contributed by atoms with Gasteiger partial charge in [0, 0.05) is 11.0 Å². The summed E-state index contributed by atoms with van der Waals surface area (Å²) in [6.07, 6.45) is 1.16. The van der Waals surface area contributed by atoms with Crippen molar-refractivity contribution in [3.8, 4) is 5.75 Å². The van der Waals surface area contributed by atoms with Crippen molar-refractivity contribution in [1.29, 1.82) is 0 Å². The molecule has 0 heterocycles. The molecule has 2 rings (SSSR count). The van der Waals surface area contributed by atoms with Gasteiger partial charge in [-0.1, -0.05) is 47.1 Å². The fraction of sp³-hybridized carbons (Fsp3) is 0.294. The van der Waals surface area contributed by atoms with Crippen LogP contribution in [0.2, 0.25) is 0 Å². The van der Waals surface area contributed by atoms with E-state index in [0.29, 0.717) is 6.61 Å². The highest BCUT2D eigenvalue weighted by Gasteiger charge is 1.98. The SMILES string of the molecule is CCCNCc1cccc(COc2ccc(Br)cc2)c1. The van der Waals surface area contributed by atoms with Crippen LogP contribution in [0.15, 0.2) is 53.0 Å². The van der Waals surface area contributed by atoms with Crippen LogP contribution in [0, 0.1) is 0 Å². The Morgan fingerprint density at radius 2 is 1.80 bits per heavy atom. The summed E-state index contributed by atoms with van der Waals surface area (Å²) in [6.45, 7) is 4.75. The minimum absolute atomic E-state index is 0.600. The maximum absolute atomic E-state index is 5.79. The monoisotopic (exact) mass is 333 g/mol. The number of nitrogens with one attached hydrogen (secondary N) is 1. The molecule has 0 bridgehead atoms. The topological polar surface area (TPSA) is 21.3 Å². The maximum Gasteiger partial charge on any atom is 0.119 e. The van der Waals surface area contributed by atoms with Crippen molar-refractivity contribution >= 4 is 15.9 Å². The second-order valence-corrected chi connectivity index (χ2v) is 5.65. The van der Waals surface area contributed by atoms with E-state index in [2.05, 4.69) is 52.4 Å². The van der Waals surface area contributed by atoms with E-state index in [1.54, 1.807) is 0 Å². The van der Waals surface area contributed by atoms with E-state index in [9.17, 15) is 0 Å². The fourth-order valence-electron chi connectivity index (χ4n) is 1.94. The lowest BCUT2D eigenvalue weighted by molar-refractivity contribution is 0.306. The average molecular weight is 334 g/mol. The quantitative estimate of drug-likeness (QED) is 0.751. The number of hydrogen-bond donors (Lipinski definition) is 1. The first-order chi connectivity index (χ1) is 9.78. The van der Waals surface area contributed by atoms with Crippen LogP contribution in [0.25, 0.3) is 0 Å². The molecule has 2 aromatic carbocycles. The molecule has 20 heavy (non-hydrogen) atoms. The van der Waals surface area contributed by atoms with Gasteiger partial charge in [-0.2, -0.15) is 0 Å². The molecule has 0 aliphatic carbocycles. The largest absolute Gasteiger partial charge is 0.489 e. The lowest BCUT2D eigenvalue weighted by atomic mass is 10.1. The molecule has 0 radical (unpaired) electrons. The molecule has 0 aliphatic rings. The first-order valence-corrected chi connectivity index (χ1v) is 7.74. The highest BCUT2D eigenvalue weighted by Crippen LogP contribution is 2.17. The van der Waals surface area contributed by atoms with Crippen LogP contribution in [0.1, 0.15) is 24.5 Å². The molecule has 0 aliphatic heterocycles. The summed E-state index contributed by atoms with van der Waals surface area (Å²) in [6, 6.07) is 16.4. The summed E-state index contributed by atoms with van der Waals surface area (Å²) in [7, 11) is 0. The van der Waals surface area contributed by atoms with Crippen molar-refractivity contribution in [2.45, 2.75) is 26.5 Å². The van der Waals surface area contributed by atoms with Crippen LogP contribution < -0.4 is 10.1 Å². The summed E-state index contributed by atoms with van der Waals surface area (Å²) >= 11 is 3.42. The Morgan fingerprint density at radius 1 is 1.05 bits per heavy atom. The Balaban J connectivity index is 1.89. The fourth-order valence-corrected chi connectivity index (χ4v) is 2.20. The van der Waals surface area contributed by atoms with Crippen molar-refractivity contribution < 1.29 is 4.74 Å². The number of benzene rings is 2. The van der Waals surface area contributed by atoms with Crippen LogP contribution in [-0.2, 0) is 13.2 Å². The van der Waals surface area contributed by atoms with Crippen molar-refractivity contribution in [1.82, 2.24) is 5.32 Å². The smallest absolute Gasteiger partial charge is 0.119 e. The third-order valence-electron chi connectivity index (χ3n) is 2.97. The van der Waals surface area contributed by atoms with Crippen LogP contribution in [0.4, 0.5) is 0 Å². The van der Waals surface area contributed by atoms with Gasteiger partial charge in [-0.3, -0.25) is 0 Å². The number of hydrogen-bond acceptors (Lipinski definition) is 2. The molecule has 0 amide bonds. The normalized spacial score (nSPS) is 10.5. The Kier molecular flexibility index (Phi) is 6.09. The van der Waals surface area contributed by atoms with Gasteiger partial charge in [0.1, 0.15) is 12.4 Å². The van der Waals surface area contributed by atoms with Gasteiger partial charge in [-0.05, 0) is 48.4 Å². The minimum Gasteiger partial charge on any atom is -0.489 e. The van der Waals surface area contributed by atoms with Crippen LogP contribution >= 0.6 is 15.9 Å². The summed E-state index contributed by atoms with van der Waals surface area (Å²) in [4.78, 5) is 0. The molecule has 2 aromatic rings. The van der Waals surface area contributed by atoms with Gasteiger partial charge in [0.25, 0.3) is 0 Å². The number of ether oxygens (including phenoxy) is 1. The molecular formula is C17H20BrNO. The third kappa shape index (κ3) is 4.99. The molecule has 2 nitrogen and oxygen atoms in total. The third-order valence-corrected chi connectivity index (χ3v) is 3.50. The van der Waals surface area contributed by atoms with Crippen molar-refractivity contribution in [3.05, 3.63) is 64.1 Å². The van der Waals surface area contributed by atoms with Crippen molar-refractivity contribution in [2.24, 2.45) is 0 Å². The van der Waals surface area contributed by atoms with Gasteiger partial charge in [0.2, 0.25) is 0 Å². The van der Waals surface area contributed by atoms with E-state index in [-0.39, 0.29) is 0 Å². The van der Waals surface area contributed by atoms with Crippen molar-refractivity contribution in [2.75, 3.05) is 6.54 Å². The summed E-state index contributed by atoms with van der Waals surface area (Å²) in [5.74, 6) is 0.891. The predicted octanol–water partition coefficient (Wildman–Crippen LogP) is 4.53. The van der Waals surface area contributed by atoms with E-state index in [1.807, 2.05) is 24.3 Å². The van der Waals surface area contributed by atoms with Crippen LogP contribution in [0.3, 0.4) is 0 Å². The predicted molar refractivity (Wildman–Crippen MR) is 86.9 cm³/mol. The second kappa shape index (κ2) is 8.08. The average Bonchev–Trinajstić information content (AvgIpc) is 2.47. The van der Waals surface area contributed by atoms with Crippen LogP contribution in [0.5, 0.6) is 5.75 Å². The molecule has 0 aromatic heterocycles. The Labute approximate surface area is 129 Å². The van der Waals surface area contributed by atoms with Gasteiger partial charge in [-0.15, -0.1) is 0 Å². The molecule has 106 valence electrons. The summed E-state index contributed by atoms with van der Waals surface area (Å²) in [5, 5.41) is 3.41. The number of rotatable bonds is 7. The van der Waals surface area contributed by atoms with E-state index >= 15 is 0 Å². The molecule has 0 fully saturated rings. The van der Waals surface area contributed by atoms with E-state index in [4.69, 9.17) is 4.74 Å². The van der Waals surface area contributed by atoms with Gasteiger partial charge >= 0.3 is 0 Å². The molecule has 0 saturated carbocycles. The second-order valence-electron chi connectivity index (χ2n) is 4.74. The Morgan fingerprint density at radius 3 is 2.55 bits per heavy atom. The molecule has 0 unspecified atom stereocenters. The number of halogens is 1. The Hall–Kier alpha value is -1.32. The lowest BCUT2D eigenvalue weighted by Gasteiger charge is -2.08. The zero-order chi connectivity index (χ0) is 14.2. The molecule has 1 N–H and O–H groups in total. The molecular weight excluding hydrogens is 314 g/mol. The summed E-state index contributed by atoms with van der Waals surface area (Å²) in [5.41, 5.74) is 2.50. The zero-order valence-electron chi connectivity index (χ0n) is 11.7. The first-order valence-electron chi connectivity index (χ1n) is 6.95. The van der Waals surface area contributed by atoms with E-state index in [1.165, 1.54) is 11.1 Å². The first kappa shape index (κ1) is 15.1. The van der Waals surface area contributed by atoms with E-state index < -0.39 is 0 Å². The highest BCUT2D eigenvalue weighted by molar-refractivity contribution is 9.10. The van der Waals surface area contributed by atoms with Gasteiger partial charge in [0.05, 0.1) is 0 Å². The molecule has 0 atom stereocenters. The molecule has 0 saturated heterocycles. The van der Waals surface area contributed by atoms with Crippen LogP contribution in [-0.4, -0.2) is 6.54 Å². The standard InChI is InChI=1S/C17H20BrNO/c1-2-10-19-12-14-4-3-5-15(11-14)13-20-17-8-6-16(18)7-9-17/h3-9,11,19H,2,10,12-13H2,1H3. The highest BCUT2D eigenvalue weighted by atomic mass is 79.9. The van der Waals surface area contributed by atoms with Gasteiger partial charge in [0.15, 0.2) is 0 Å². The molecule has 3 heteroatoms. The van der Waals surface area contributed by atoms with Gasteiger partial charge in [-0.25, -0.2) is 0 Å². The summed E-state index contributed by atoms with van der Waals surface area (Å²) < 4.78 is 6.85. The minimum atomic E-state index is 0.600. The van der Waals surface area contributed by atoms with E-state index in [0.717, 1.165) is 29.7 Å². The molecule has 0 spiro atoms. The van der Waals surface area contributed by atoms with Gasteiger partial charge < -0.3 is 10.1 Å². The lowest BCUT2D eigenvalue weighted by Crippen LogP contribution is -2.13. The van der Waals surface area contributed by atoms with Crippen molar-refractivity contribution in [3.63, 3.8) is 0 Å².